The highest BCUT2D eigenvalue weighted by Gasteiger charge is 2.69. The molecule has 0 spiro atoms. The Bertz CT molecular complexity index is 1770. The molecule has 1 aromatic rings. The van der Waals surface area contributed by atoms with Crippen molar-refractivity contribution in [3.63, 3.8) is 0 Å². The number of hydrogen-bond acceptors (Lipinski definition) is 19. The van der Waals surface area contributed by atoms with Crippen molar-refractivity contribution in [2.45, 2.75) is 182 Å². The zero-order chi connectivity index (χ0) is 43.9. The highest BCUT2D eigenvalue weighted by molar-refractivity contribution is 5.32. The van der Waals surface area contributed by atoms with Gasteiger partial charge in [0, 0.05) is 23.8 Å². The van der Waals surface area contributed by atoms with E-state index in [1.54, 1.807) is 13.0 Å². The molecule has 3 aliphatic heterocycles. The van der Waals surface area contributed by atoms with Gasteiger partial charge in [-0.15, -0.1) is 0 Å². The summed E-state index contributed by atoms with van der Waals surface area (Å²) >= 11 is 0. The third-order valence-electron chi connectivity index (χ3n) is 15.7. The van der Waals surface area contributed by atoms with Crippen molar-refractivity contribution in [2.24, 2.45) is 22.7 Å². The highest BCUT2D eigenvalue weighted by Crippen LogP contribution is 2.70. The molecule has 0 bridgehead atoms. The molecule has 0 unspecified atom stereocenters. The standard InChI is InChI=1S/C42H62O19/c1-17-35(60-39-34(53)31(50)36(25(15-44)59-39)61-38-32(51)29(48)28(47)24(14-43)58-38)30(49)33(52)37(56-17)57-20-8-10-40(2)19(12-20)5-6-22-21(40)9-11-41(3)27(23(45)13-42(22,41)54)18-4-7-26(46)55-16-18/h4,7,12,16-17,20-25,27-39,43-45,47-54H,5-6,8-11,13-15H2,1-3H3/t17-,20-,21-,22+,23-,24+,25+,27-,28+,29-,30-,31+,32+,33+,34+,35-,36+,37-,38-,39-,40-,41+,42-/m0/s1. The van der Waals surface area contributed by atoms with Gasteiger partial charge in [0.05, 0.1) is 43.4 Å². The Hall–Kier alpha value is -1.99. The van der Waals surface area contributed by atoms with Gasteiger partial charge in [0.2, 0.25) is 0 Å². The van der Waals surface area contributed by atoms with E-state index in [2.05, 4.69) is 19.9 Å². The smallest absolute Gasteiger partial charge is 0.335 e. The van der Waals surface area contributed by atoms with Crippen molar-refractivity contribution >= 4 is 0 Å². The Kier molecular flexibility index (Phi) is 12.8. The quantitative estimate of drug-likeness (QED) is 0.116. The van der Waals surface area contributed by atoms with Crippen molar-refractivity contribution in [3.05, 3.63) is 46.0 Å². The van der Waals surface area contributed by atoms with Crippen LogP contribution in [0.1, 0.15) is 77.2 Å². The largest absolute Gasteiger partial charge is 0.431 e. The monoisotopic (exact) mass is 870 g/mol. The fourth-order valence-electron chi connectivity index (χ4n) is 12.3. The van der Waals surface area contributed by atoms with Crippen LogP contribution < -0.4 is 5.63 Å². The molecule has 0 amide bonds. The first kappa shape index (κ1) is 45.6. The van der Waals surface area contributed by atoms with Crippen molar-refractivity contribution in [2.75, 3.05) is 13.2 Å². The minimum Gasteiger partial charge on any atom is -0.431 e. The molecule has 4 heterocycles. The van der Waals surface area contributed by atoms with E-state index in [9.17, 15) is 61.0 Å². The molecule has 3 saturated heterocycles. The van der Waals surface area contributed by atoms with Crippen LogP contribution in [-0.2, 0) is 28.4 Å². The molecular formula is C42H62O19. The predicted octanol–water partition coefficient (Wildman–Crippen LogP) is -2.37. The normalized spacial score (nSPS) is 52.5. The van der Waals surface area contributed by atoms with E-state index in [0.29, 0.717) is 31.2 Å². The van der Waals surface area contributed by atoms with Crippen LogP contribution in [0.4, 0.5) is 0 Å². The van der Waals surface area contributed by atoms with Crippen molar-refractivity contribution in [1.82, 2.24) is 0 Å². The molecule has 3 saturated carbocycles. The average molecular weight is 871 g/mol. The molecule has 1 aromatic heterocycles. The fraction of sp³-hybridized carbons (Fsp3) is 0.833. The molecule has 7 aliphatic rings. The summed E-state index contributed by atoms with van der Waals surface area (Å²) in [5.41, 5.74) is -0.597. The molecule has 19 heteroatoms. The minimum atomic E-state index is -1.87. The Morgan fingerprint density at radius 2 is 1.33 bits per heavy atom. The summed E-state index contributed by atoms with van der Waals surface area (Å²) in [7, 11) is 0. The summed E-state index contributed by atoms with van der Waals surface area (Å²) in [4.78, 5) is 11.7. The van der Waals surface area contributed by atoms with Crippen LogP contribution in [0.2, 0.25) is 0 Å². The van der Waals surface area contributed by atoms with E-state index >= 15 is 0 Å². The lowest BCUT2D eigenvalue weighted by Gasteiger charge is -2.61. The van der Waals surface area contributed by atoms with Crippen molar-refractivity contribution in [1.29, 1.82) is 0 Å². The van der Waals surface area contributed by atoms with E-state index in [-0.39, 0.29) is 29.6 Å². The van der Waals surface area contributed by atoms with Crippen LogP contribution in [-0.4, -0.2) is 179 Å². The van der Waals surface area contributed by atoms with Crippen molar-refractivity contribution in [3.8, 4) is 0 Å². The number of fused-ring (bicyclic) bond motifs is 5. The van der Waals surface area contributed by atoms with Crippen LogP contribution in [0.15, 0.2) is 39.3 Å². The molecule has 61 heavy (non-hydrogen) atoms. The van der Waals surface area contributed by atoms with Crippen molar-refractivity contribution < 1.29 is 89.0 Å². The van der Waals surface area contributed by atoms with E-state index in [0.717, 1.165) is 12.8 Å². The first-order valence-electron chi connectivity index (χ1n) is 21.5. The second kappa shape index (κ2) is 17.1. The van der Waals surface area contributed by atoms with Gasteiger partial charge in [-0.1, -0.05) is 25.5 Å². The maximum Gasteiger partial charge on any atom is 0.335 e. The Morgan fingerprint density at radius 3 is 1.98 bits per heavy atom. The van der Waals surface area contributed by atoms with Crippen LogP contribution in [0.5, 0.6) is 0 Å². The number of aliphatic hydroxyl groups is 11. The Balaban J connectivity index is 0.895. The third-order valence-corrected chi connectivity index (χ3v) is 15.7. The molecule has 6 fully saturated rings. The predicted molar refractivity (Wildman–Crippen MR) is 205 cm³/mol. The topological polar surface area (TPSA) is 308 Å². The lowest BCUT2D eigenvalue weighted by molar-refractivity contribution is -0.378. The first-order valence-corrected chi connectivity index (χ1v) is 21.5. The summed E-state index contributed by atoms with van der Waals surface area (Å²) in [5.74, 6) is -0.317. The molecule has 0 aromatic carbocycles. The third kappa shape index (κ3) is 7.57. The molecule has 8 rings (SSSR count). The van der Waals surface area contributed by atoms with E-state index in [1.165, 1.54) is 17.9 Å². The molecule has 344 valence electrons. The Morgan fingerprint density at radius 1 is 0.705 bits per heavy atom. The van der Waals surface area contributed by atoms with Crippen LogP contribution >= 0.6 is 0 Å². The summed E-state index contributed by atoms with van der Waals surface area (Å²) in [5, 5.41) is 119. The van der Waals surface area contributed by atoms with E-state index in [4.69, 9.17) is 32.8 Å². The van der Waals surface area contributed by atoms with Crippen LogP contribution in [0.3, 0.4) is 0 Å². The maximum atomic E-state index is 12.6. The van der Waals surface area contributed by atoms with Gasteiger partial charge in [-0.2, -0.15) is 0 Å². The van der Waals surface area contributed by atoms with Crippen LogP contribution in [0.25, 0.3) is 0 Å². The maximum absolute atomic E-state index is 12.6. The number of rotatable bonds is 9. The molecular weight excluding hydrogens is 808 g/mol. The lowest BCUT2D eigenvalue weighted by atomic mass is 9.45. The van der Waals surface area contributed by atoms with Gasteiger partial charge in [0.15, 0.2) is 18.9 Å². The van der Waals surface area contributed by atoms with Gasteiger partial charge in [-0.3, -0.25) is 0 Å². The average Bonchev–Trinajstić information content (AvgIpc) is 3.45. The first-order chi connectivity index (χ1) is 28.9. The summed E-state index contributed by atoms with van der Waals surface area (Å²) < 4.78 is 40.1. The lowest BCUT2D eigenvalue weighted by Crippen LogP contribution is -2.66. The number of ether oxygens (including phenoxy) is 6. The zero-order valence-electron chi connectivity index (χ0n) is 34.4. The Labute approximate surface area is 352 Å². The molecule has 19 nitrogen and oxygen atoms in total. The summed E-state index contributed by atoms with van der Waals surface area (Å²) in [6.45, 7) is 4.32. The molecule has 23 atom stereocenters. The highest BCUT2D eigenvalue weighted by atomic mass is 16.8. The second-order valence-corrected chi connectivity index (χ2v) is 18.9. The zero-order valence-corrected chi connectivity index (χ0v) is 34.4. The SMILES string of the molecule is C[C@@H]1O[C@@H](O[C@@H]2C=C3CC[C@@H]4[C@H](CC[C@]5(C)[C@@H](c6ccc(=O)oc6)[C@@H](O)C[C@]45O)[C@@]3(C)CC2)[C@H](O)[C@H](O)[C@H]1O[C@@H]1O[C@H](CO)[C@@H](O[C@@H]2O[C@H](CO)[C@@H](O)[C@H](O)[C@H]2O)[C@H](O)[C@H]1O. The summed E-state index contributed by atoms with van der Waals surface area (Å²) in [6.07, 6.45) is -16.8. The minimum absolute atomic E-state index is 0.0704. The molecule has 4 aliphatic carbocycles. The van der Waals surface area contributed by atoms with Gasteiger partial charge >= 0.3 is 5.63 Å². The summed E-state index contributed by atoms with van der Waals surface area (Å²) in [6, 6.07) is 3.04. The van der Waals surface area contributed by atoms with Crippen LogP contribution in [0, 0.1) is 22.7 Å². The van der Waals surface area contributed by atoms with E-state index in [1.807, 2.05) is 0 Å². The number of allylic oxidation sites excluding steroid dienone is 1. The second-order valence-electron chi connectivity index (χ2n) is 18.9. The van der Waals surface area contributed by atoms with Gasteiger partial charge in [-0.05, 0) is 74.3 Å². The van der Waals surface area contributed by atoms with Gasteiger partial charge in [-0.25, -0.2) is 4.79 Å². The van der Waals surface area contributed by atoms with Gasteiger partial charge in [0.25, 0.3) is 0 Å². The number of hydrogen-bond donors (Lipinski definition) is 11. The van der Waals surface area contributed by atoms with E-state index < -0.39 is 134 Å². The number of aliphatic hydroxyl groups excluding tert-OH is 10. The molecule has 0 radical (unpaired) electrons. The fourth-order valence-corrected chi connectivity index (χ4v) is 12.3. The van der Waals surface area contributed by atoms with Gasteiger partial charge < -0.3 is 89.0 Å². The van der Waals surface area contributed by atoms with Gasteiger partial charge in [0.1, 0.15) is 67.1 Å². The molecule has 11 N–H and O–H groups in total.